The van der Waals surface area contributed by atoms with Crippen LogP contribution in [0.3, 0.4) is 0 Å². The molecule has 0 radical (unpaired) electrons. The maximum atomic E-state index is 12.6. The lowest BCUT2D eigenvalue weighted by Gasteiger charge is -2.13. The summed E-state index contributed by atoms with van der Waals surface area (Å²) in [5, 5.41) is 0. The lowest BCUT2D eigenvalue weighted by atomic mass is 10.1. The van der Waals surface area contributed by atoms with Crippen molar-refractivity contribution in [3.63, 3.8) is 0 Å². The molecule has 1 aliphatic heterocycles. The second-order valence-electron chi connectivity index (χ2n) is 5.13. The molecule has 1 aliphatic rings. The Bertz CT molecular complexity index is 540. The van der Waals surface area contributed by atoms with Crippen LogP contribution < -0.4 is 5.73 Å². The zero-order valence-corrected chi connectivity index (χ0v) is 11.4. The monoisotopic (exact) mass is 298 g/mol. The average Bonchev–Trinajstić information content (AvgIpc) is 2.93. The Morgan fingerprint density at radius 3 is 2.81 bits per heavy atom. The van der Waals surface area contributed by atoms with E-state index in [1.807, 2.05) is 0 Å². The van der Waals surface area contributed by atoms with Crippen molar-refractivity contribution in [1.82, 2.24) is 4.90 Å². The molecule has 0 bridgehead atoms. The number of benzene rings is 1. The number of carbonyl (C=O) groups is 1. The van der Waals surface area contributed by atoms with Gasteiger partial charge in [0.25, 0.3) is 0 Å². The SMILES string of the molecule is NCC1CCN(C(=O)C=Cc2cccc(C(F)(F)F)c2)C1. The number of halogens is 3. The molecular weight excluding hydrogens is 281 g/mol. The minimum absolute atomic E-state index is 0.191. The highest BCUT2D eigenvalue weighted by Crippen LogP contribution is 2.29. The fourth-order valence-electron chi connectivity index (χ4n) is 2.32. The highest BCUT2D eigenvalue weighted by atomic mass is 19.4. The van der Waals surface area contributed by atoms with Gasteiger partial charge in [-0.15, -0.1) is 0 Å². The van der Waals surface area contributed by atoms with Crippen molar-refractivity contribution in [3.8, 4) is 0 Å². The zero-order chi connectivity index (χ0) is 15.5. The maximum Gasteiger partial charge on any atom is 0.416 e. The molecule has 1 amide bonds. The largest absolute Gasteiger partial charge is 0.416 e. The van der Waals surface area contributed by atoms with E-state index in [1.165, 1.54) is 24.3 Å². The van der Waals surface area contributed by atoms with E-state index < -0.39 is 11.7 Å². The summed E-state index contributed by atoms with van der Waals surface area (Å²) in [7, 11) is 0. The van der Waals surface area contributed by atoms with Crippen LogP contribution in [0.25, 0.3) is 6.08 Å². The lowest BCUT2D eigenvalue weighted by Crippen LogP contribution is -2.28. The maximum absolute atomic E-state index is 12.6. The van der Waals surface area contributed by atoms with Gasteiger partial charge in [-0.2, -0.15) is 13.2 Å². The second-order valence-corrected chi connectivity index (χ2v) is 5.13. The average molecular weight is 298 g/mol. The molecule has 114 valence electrons. The molecule has 0 aliphatic carbocycles. The number of carbonyl (C=O) groups excluding carboxylic acids is 1. The molecule has 21 heavy (non-hydrogen) atoms. The van der Waals surface area contributed by atoms with Crippen molar-refractivity contribution >= 4 is 12.0 Å². The molecule has 1 aromatic carbocycles. The summed E-state index contributed by atoms with van der Waals surface area (Å²) in [6, 6.07) is 4.89. The first-order valence-corrected chi connectivity index (χ1v) is 6.74. The van der Waals surface area contributed by atoms with Gasteiger partial charge in [-0.1, -0.05) is 12.1 Å². The molecule has 1 fully saturated rings. The number of likely N-dealkylation sites (tertiary alicyclic amines) is 1. The molecule has 3 nitrogen and oxygen atoms in total. The summed E-state index contributed by atoms with van der Waals surface area (Å²) in [6.07, 6.45) is -0.779. The van der Waals surface area contributed by atoms with Crippen LogP contribution >= 0.6 is 0 Å². The van der Waals surface area contributed by atoms with Gasteiger partial charge in [-0.3, -0.25) is 4.79 Å². The number of amides is 1. The Balaban J connectivity index is 2.03. The van der Waals surface area contributed by atoms with Crippen molar-refractivity contribution in [2.45, 2.75) is 12.6 Å². The molecule has 1 aromatic rings. The lowest BCUT2D eigenvalue weighted by molar-refractivity contribution is -0.137. The molecule has 2 N–H and O–H groups in total. The topological polar surface area (TPSA) is 46.3 Å². The molecule has 1 heterocycles. The first-order valence-electron chi connectivity index (χ1n) is 6.74. The number of hydrogen-bond donors (Lipinski definition) is 1. The van der Waals surface area contributed by atoms with Crippen molar-refractivity contribution in [2.24, 2.45) is 11.7 Å². The molecule has 6 heteroatoms. The van der Waals surface area contributed by atoms with Crippen LogP contribution in [0.2, 0.25) is 0 Å². The molecule has 1 atom stereocenters. The predicted octanol–water partition coefficient (Wildman–Crippen LogP) is 2.53. The normalized spacial score (nSPS) is 19.4. The fraction of sp³-hybridized carbons (Fsp3) is 0.400. The molecule has 0 spiro atoms. The smallest absolute Gasteiger partial charge is 0.339 e. The van der Waals surface area contributed by atoms with E-state index in [0.29, 0.717) is 31.1 Å². The minimum Gasteiger partial charge on any atom is -0.339 e. The Morgan fingerprint density at radius 2 is 2.19 bits per heavy atom. The summed E-state index contributed by atoms with van der Waals surface area (Å²) in [6.45, 7) is 1.80. The molecule has 1 saturated heterocycles. The Hall–Kier alpha value is -1.82. The van der Waals surface area contributed by atoms with Crippen molar-refractivity contribution < 1.29 is 18.0 Å². The van der Waals surface area contributed by atoms with E-state index >= 15 is 0 Å². The van der Waals surface area contributed by atoms with Crippen LogP contribution in [0.4, 0.5) is 13.2 Å². The Morgan fingerprint density at radius 1 is 1.43 bits per heavy atom. The van der Waals surface area contributed by atoms with Crippen LogP contribution in [0.15, 0.2) is 30.3 Å². The standard InChI is InChI=1S/C15H17F3N2O/c16-15(17,18)13-3-1-2-11(8-13)4-5-14(21)20-7-6-12(9-19)10-20/h1-5,8,12H,6-7,9-10,19H2. The number of nitrogens with zero attached hydrogens (tertiary/aromatic N) is 1. The van der Waals surface area contributed by atoms with Gasteiger partial charge in [-0.25, -0.2) is 0 Å². The van der Waals surface area contributed by atoms with Crippen LogP contribution in [-0.2, 0) is 11.0 Å². The van der Waals surface area contributed by atoms with Gasteiger partial charge in [0.2, 0.25) is 5.91 Å². The van der Waals surface area contributed by atoms with Crippen LogP contribution in [0.5, 0.6) is 0 Å². The second kappa shape index (κ2) is 6.30. The van der Waals surface area contributed by atoms with Gasteiger partial charge in [-0.05, 0) is 42.7 Å². The van der Waals surface area contributed by atoms with E-state index in [1.54, 1.807) is 4.90 Å². The quantitative estimate of drug-likeness (QED) is 0.872. The van der Waals surface area contributed by atoms with Crippen LogP contribution in [0.1, 0.15) is 17.5 Å². The molecule has 0 saturated carbocycles. The van der Waals surface area contributed by atoms with E-state index in [0.717, 1.165) is 18.6 Å². The highest BCUT2D eigenvalue weighted by Gasteiger charge is 2.30. The first-order chi connectivity index (χ1) is 9.90. The minimum atomic E-state index is -4.38. The van der Waals surface area contributed by atoms with E-state index in [9.17, 15) is 18.0 Å². The van der Waals surface area contributed by atoms with Gasteiger partial charge in [0.1, 0.15) is 0 Å². The molecule has 1 unspecified atom stereocenters. The van der Waals surface area contributed by atoms with E-state index in [2.05, 4.69) is 0 Å². The summed E-state index contributed by atoms with van der Waals surface area (Å²) in [4.78, 5) is 13.6. The zero-order valence-electron chi connectivity index (χ0n) is 11.4. The van der Waals surface area contributed by atoms with Gasteiger partial charge < -0.3 is 10.6 Å². The fourth-order valence-corrected chi connectivity index (χ4v) is 2.32. The van der Waals surface area contributed by atoms with Crippen molar-refractivity contribution in [2.75, 3.05) is 19.6 Å². The van der Waals surface area contributed by atoms with Crippen LogP contribution in [-0.4, -0.2) is 30.4 Å². The Kier molecular flexibility index (Phi) is 4.67. The van der Waals surface area contributed by atoms with Gasteiger partial charge in [0.05, 0.1) is 5.56 Å². The Labute approximate surface area is 121 Å². The third-order valence-electron chi connectivity index (χ3n) is 3.56. The molecule has 2 rings (SSSR count). The first kappa shape index (κ1) is 15.6. The van der Waals surface area contributed by atoms with Gasteiger partial charge >= 0.3 is 6.18 Å². The molecule has 0 aromatic heterocycles. The van der Waals surface area contributed by atoms with E-state index in [-0.39, 0.29) is 5.91 Å². The number of hydrogen-bond acceptors (Lipinski definition) is 2. The number of alkyl halides is 3. The summed E-state index contributed by atoms with van der Waals surface area (Å²) < 4.78 is 37.7. The van der Waals surface area contributed by atoms with E-state index in [4.69, 9.17) is 5.73 Å². The summed E-state index contributed by atoms with van der Waals surface area (Å²) in [5.74, 6) is 0.124. The van der Waals surface area contributed by atoms with Crippen molar-refractivity contribution in [1.29, 1.82) is 0 Å². The third-order valence-corrected chi connectivity index (χ3v) is 3.56. The summed E-state index contributed by atoms with van der Waals surface area (Å²) in [5.41, 5.74) is 5.19. The van der Waals surface area contributed by atoms with Crippen molar-refractivity contribution in [3.05, 3.63) is 41.5 Å². The number of nitrogens with two attached hydrogens (primary N) is 1. The molecular formula is C15H17F3N2O. The summed E-state index contributed by atoms with van der Waals surface area (Å²) >= 11 is 0. The van der Waals surface area contributed by atoms with Gasteiger partial charge in [0, 0.05) is 19.2 Å². The third kappa shape index (κ3) is 4.07. The van der Waals surface area contributed by atoms with Gasteiger partial charge in [0.15, 0.2) is 0 Å². The van der Waals surface area contributed by atoms with Crippen LogP contribution in [0, 0.1) is 5.92 Å². The predicted molar refractivity (Wildman–Crippen MR) is 74.2 cm³/mol. The highest BCUT2D eigenvalue weighted by molar-refractivity contribution is 5.92. The number of rotatable bonds is 3.